The second-order valence-electron chi connectivity index (χ2n) is 3.63. The highest BCUT2D eigenvalue weighted by Crippen LogP contribution is 2.24. The molecule has 0 amide bonds. The molecule has 0 aliphatic rings. The van der Waals surface area contributed by atoms with Gasteiger partial charge in [-0.15, -0.1) is 0 Å². The van der Waals surface area contributed by atoms with Crippen LogP contribution < -0.4 is 0 Å². The number of rotatable bonds is 3. The lowest BCUT2D eigenvalue weighted by Crippen LogP contribution is -1.90. The van der Waals surface area contributed by atoms with Gasteiger partial charge in [0.25, 0.3) is 0 Å². The van der Waals surface area contributed by atoms with Crippen molar-refractivity contribution >= 4 is 29.4 Å². The minimum atomic E-state index is -0.510. The minimum absolute atomic E-state index is 0.117. The van der Waals surface area contributed by atoms with E-state index in [-0.39, 0.29) is 17.1 Å². The van der Waals surface area contributed by atoms with Crippen LogP contribution in [0.15, 0.2) is 28.8 Å². The predicted molar refractivity (Wildman–Crippen MR) is 68.3 cm³/mol. The van der Waals surface area contributed by atoms with Crippen LogP contribution in [-0.2, 0) is 0 Å². The number of nitrogens with zero attached hydrogens (tertiary/aromatic N) is 2. The van der Waals surface area contributed by atoms with E-state index in [2.05, 4.69) is 5.16 Å². The molecule has 0 atom stereocenters. The second kappa shape index (κ2) is 5.01. The van der Waals surface area contributed by atoms with Gasteiger partial charge in [0, 0.05) is 5.02 Å². The summed E-state index contributed by atoms with van der Waals surface area (Å²) in [6, 6.07) is 7.12. The Balaban J connectivity index is 2.32. The lowest BCUT2D eigenvalue weighted by molar-refractivity contribution is -0.386. The van der Waals surface area contributed by atoms with Crippen molar-refractivity contribution in [3.63, 3.8) is 0 Å². The van der Waals surface area contributed by atoms with Gasteiger partial charge in [0.2, 0.25) is 5.76 Å². The van der Waals surface area contributed by atoms with E-state index in [1.807, 2.05) is 6.07 Å². The molecule has 0 aliphatic carbocycles. The molecule has 0 spiro atoms. The Hall–Kier alpha value is -2.14. The third-order valence-electron chi connectivity index (χ3n) is 2.32. The molecule has 5 nitrogen and oxygen atoms in total. The highest BCUT2D eigenvalue weighted by molar-refractivity contribution is 6.30. The van der Waals surface area contributed by atoms with Crippen LogP contribution in [-0.4, -0.2) is 10.1 Å². The smallest absolute Gasteiger partial charge is 0.338 e. The van der Waals surface area contributed by atoms with E-state index in [0.717, 1.165) is 5.56 Å². The Morgan fingerprint density at radius 1 is 1.44 bits per heavy atom. The standard InChI is InChI=1S/C12H9ClN2O3/c1-8-12(15(16)17)11(18-14-8)6-5-9-3-2-4-10(13)7-9/h2-7H,1H3/b6-5-. The Labute approximate surface area is 108 Å². The molecule has 2 aromatic rings. The number of hydrogen-bond donors (Lipinski definition) is 0. The molecule has 0 N–H and O–H groups in total. The monoisotopic (exact) mass is 264 g/mol. The van der Waals surface area contributed by atoms with Gasteiger partial charge in [-0.1, -0.05) is 35.0 Å². The number of benzene rings is 1. The minimum Gasteiger partial charge on any atom is -0.349 e. The van der Waals surface area contributed by atoms with Crippen LogP contribution in [0.3, 0.4) is 0 Å². The summed E-state index contributed by atoms with van der Waals surface area (Å²) in [7, 11) is 0. The fourth-order valence-corrected chi connectivity index (χ4v) is 1.69. The zero-order valence-corrected chi connectivity index (χ0v) is 10.2. The second-order valence-corrected chi connectivity index (χ2v) is 4.06. The number of halogens is 1. The number of hydrogen-bond acceptors (Lipinski definition) is 4. The van der Waals surface area contributed by atoms with E-state index < -0.39 is 4.92 Å². The third kappa shape index (κ3) is 2.57. The molecule has 0 saturated heterocycles. The number of nitro groups is 1. The number of aryl methyl sites for hydroxylation is 1. The molecule has 0 bridgehead atoms. The largest absolute Gasteiger partial charge is 0.349 e. The maximum Gasteiger partial charge on any atom is 0.338 e. The molecule has 1 heterocycles. The molecule has 0 fully saturated rings. The average molecular weight is 265 g/mol. The van der Waals surface area contributed by atoms with Gasteiger partial charge in [0.05, 0.1) is 4.92 Å². The molecule has 0 saturated carbocycles. The third-order valence-corrected chi connectivity index (χ3v) is 2.55. The van der Waals surface area contributed by atoms with Crippen molar-refractivity contribution < 1.29 is 9.45 Å². The highest BCUT2D eigenvalue weighted by Gasteiger charge is 2.21. The van der Waals surface area contributed by atoms with Gasteiger partial charge < -0.3 is 4.52 Å². The normalized spacial score (nSPS) is 11.0. The molecule has 6 heteroatoms. The van der Waals surface area contributed by atoms with Crippen molar-refractivity contribution in [2.75, 3.05) is 0 Å². The molecule has 92 valence electrons. The molecule has 1 aromatic heterocycles. The number of aromatic nitrogens is 1. The van der Waals surface area contributed by atoms with Crippen molar-refractivity contribution in [1.29, 1.82) is 0 Å². The average Bonchev–Trinajstić information content (AvgIpc) is 2.68. The van der Waals surface area contributed by atoms with E-state index in [4.69, 9.17) is 16.1 Å². The quantitative estimate of drug-likeness (QED) is 0.626. The first-order chi connectivity index (χ1) is 8.58. The van der Waals surface area contributed by atoms with Crippen molar-refractivity contribution in [2.45, 2.75) is 6.92 Å². The zero-order chi connectivity index (χ0) is 13.1. The van der Waals surface area contributed by atoms with Gasteiger partial charge in [0.15, 0.2) is 5.69 Å². The summed E-state index contributed by atoms with van der Waals surface area (Å²) in [5, 5.41) is 15.0. The van der Waals surface area contributed by atoms with E-state index in [1.165, 1.54) is 13.0 Å². The van der Waals surface area contributed by atoms with E-state index in [1.54, 1.807) is 24.3 Å². The summed E-state index contributed by atoms with van der Waals surface area (Å²) in [4.78, 5) is 10.3. The first-order valence-electron chi connectivity index (χ1n) is 5.12. The summed E-state index contributed by atoms with van der Waals surface area (Å²) >= 11 is 5.83. The van der Waals surface area contributed by atoms with Crippen LogP contribution in [0.5, 0.6) is 0 Å². The van der Waals surface area contributed by atoms with Gasteiger partial charge in [-0.05, 0) is 30.7 Å². The Morgan fingerprint density at radius 2 is 2.22 bits per heavy atom. The first kappa shape index (κ1) is 12.3. The van der Waals surface area contributed by atoms with E-state index >= 15 is 0 Å². The lowest BCUT2D eigenvalue weighted by Gasteiger charge is -1.93. The van der Waals surface area contributed by atoms with Gasteiger partial charge in [-0.25, -0.2) is 0 Å². The molecular weight excluding hydrogens is 256 g/mol. The highest BCUT2D eigenvalue weighted by atomic mass is 35.5. The maximum absolute atomic E-state index is 10.8. The summed E-state index contributed by atoms with van der Waals surface area (Å²) in [6.07, 6.45) is 3.18. The zero-order valence-electron chi connectivity index (χ0n) is 9.46. The van der Waals surface area contributed by atoms with Gasteiger partial charge >= 0.3 is 5.69 Å². The molecule has 0 unspecified atom stereocenters. The molecular formula is C12H9ClN2O3. The molecule has 2 rings (SSSR count). The van der Waals surface area contributed by atoms with E-state index in [9.17, 15) is 10.1 Å². The van der Waals surface area contributed by atoms with Gasteiger partial charge in [0.1, 0.15) is 0 Å². The Bertz CT molecular complexity index is 620. The van der Waals surface area contributed by atoms with Crippen molar-refractivity contribution in [3.8, 4) is 0 Å². The summed E-state index contributed by atoms with van der Waals surface area (Å²) in [5.74, 6) is 0.123. The van der Waals surface area contributed by atoms with Crippen LogP contribution in [0.25, 0.3) is 12.2 Å². The van der Waals surface area contributed by atoms with Crippen LogP contribution in [0.4, 0.5) is 5.69 Å². The summed E-state index contributed by atoms with van der Waals surface area (Å²) < 4.78 is 4.90. The molecule has 0 aliphatic heterocycles. The van der Waals surface area contributed by atoms with Gasteiger partial charge in [-0.3, -0.25) is 10.1 Å². The fourth-order valence-electron chi connectivity index (χ4n) is 1.50. The van der Waals surface area contributed by atoms with Crippen molar-refractivity contribution in [1.82, 2.24) is 5.16 Å². The molecule has 18 heavy (non-hydrogen) atoms. The molecule has 0 radical (unpaired) electrons. The maximum atomic E-state index is 10.8. The van der Waals surface area contributed by atoms with Crippen LogP contribution in [0.1, 0.15) is 17.0 Å². The van der Waals surface area contributed by atoms with Crippen molar-refractivity contribution in [3.05, 3.63) is 56.4 Å². The SMILES string of the molecule is Cc1noc(/C=C\c2cccc(Cl)c2)c1[N+](=O)[O-]. The van der Waals surface area contributed by atoms with Crippen LogP contribution >= 0.6 is 11.6 Å². The molecule has 1 aromatic carbocycles. The van der Waals surface area contributed by atoms with Crippen LogP contribution in [0, 0.1) is 17.0 Å². The summed E-state index contributed by atoms with van der Waals surface area (Å²) in [6.45, 7) is 1.53. The Kier molecular flexibility index (Phi) is 3.43. The predicted octanol–water partition coefficient (Wildman–Crippen LogP) is 3.72. The van der Waals surface area contributed by atoms with E-state index in [0.29, 0.717) is 5.02 Å². The fraction of sp³-hybridized carbons (Fsp3) is 0.0833. The first-order valence-corrected chi connectivity index (χ1v) is 5.50. The summed E-state index contributed by atoms with van der Waals surface area (Å²) in [5.41, 5.74) is 0.963. The van der Waals surface area contributed by atoms with Crippen LogP contribution in [0.2, 0.25) is 5.02 Å². The topological polar surface area (TPSA) is 69.2 Å². The van der Waals surface area contributed by atoms with Gasteiger partial charge in [-0.2, -0.15) is 0 Å². The Morgan fingerprint density at radius 3 is 2.89 bits per heavy atom. The lowest BCUT2D eigenvalue weighted by atomic mass is 10.2. The van der Waals surface area contributed by atoms with Crippen molar-refractivity contribution in [2.24, 2.45) is 0 Å².